The van der Waals surface area contributed by atoms with Gasteiger partial charge < -0.3 is 19.9 Å². The Morgan fingerprint density at radius 3 is 2.91 bits per heavy atom. The summed E-state index contributed by atoms with van der Waals surface area (Å²) in [4.78, 5) is 4.45. The zero-order valence-electron chi connectivity index (χ0n) is 13.3. The predicted molar refractivity (Wildman–Crippen MR) is 89.6 cm³/mol. The molecule has 0 amide bonds. The minimum Gasteiger partial charge on any atom is -0.497 e. The first-order valence-electron chi connectivity index (χ1n) is 7.90. The highest BCUT2D eigenvalue weighted by molar-refractivity contribution is 5.68. The van der Waals surface area contributed by atoms with Crippen molar-refractivity contribution in [2.75, 3.05) is 25.6 Å². The van der Waals surface area contributed by atoms with Crippen molar-refractivity contribution in [3.05, 3.63) is 42.1 Å². The van der Waals surface area contributed by atoms with Crippen molar-refractivity contribution < 1.29 is 14.6 Å². The van der Waals surface area contributed by atoms with E-state index in [0.717, 1.165) is 54.3 Å². The molecule has 1 saturated heterocycles. The Balaban J connectivity index is 1.71. The Morgan fingerprint density at radius 2 is 2.26 bits per heavy atom. The lowest BCUT2D eigenvalue weighted by atomic mass is 10.0. The van der Waals surface area contributed by atoms with E-state index in [1.807, 2.05) is 36.5 Å². The Morgan fingerprint density at radius 1 is 1.35 bits per heavy atom. The summed E-state index contributed by atoms with van der Waals surface area (Å²) >= 11 is 0. The first kappa shape index (κ1) is 15.8. The molecule has 2 N–H and O–H groups in total. The van der Waals surface area contributed by atoms with Crippen molar-refractivity contribution in [1.82, 2.24) is 4.98 Å². The van der Waals surface area contributed by atoms with E-state index in [1.165, 1.54) is 0 Å². The molecule has 5 nitrogen and oxygen atoms in total. The molecule has 1 atom stereocenters. The fourth-order valence-corrected chi connectivity index (χ4v) is 2.79. The van der Waals surface area contributed by atoms with Crippen LogP contribution in [0.1, 0.15) is 18.4 Å². The zero-order chi connectivity index (χ0) is 16.1. The average molecular weight is 314 g/mol. The summed E-state index contributed by atoms with van der Waals surface area (Å²) in [5.74, 6) is 1.57. The SMILES string of the molecule is COc1ccc(-c2ccc(NCC3CCCO3)nc2)c(CO)c1. The molecular formula is C18H22N2O3. The van der Waals surface area contributed by atoms with E-state index in [0.29, 0.717) is 6.10 Å². The second-order valence-electron chi connectivity index (χ2n) is 5.63. The van der Waals surface area contributed by atoms with Crippen LogP contribution in [-0.4, -0.2) is 36.5 Å². The first-order chi connectivity index (χ1) is 11.3. The molecule has 2 heterocycles. The molecule has 1 aliphatic rings. The summed E-state index contributed by atoms with van der Waals surface area (Å²) in [6.45, 7) is 1.61. The third kappa shape index (κ3) is 3.81. The number of aliphatic hydroxyl groups is 1. The van der Waals surface area contributed by atoms with Crippen LogP contribution in [0.25, 0.3) is 11.1 Å². The fraction of sp³-hybridized carbons (Fsp3) is 0.389. The third-order valence-electron chi connectivity index (χ3n) is 4.09. The summed E-state index contributed by atoms with van der Waals surface area (Å²) in [7, 11) is 1.62. The van der Waals surface area contributed by atoms with Crippen LogP contribution in [0.3, 0.4) is 0 Å². The lowest BCUT2D eigenvalue weighted by Gasteiger charge is -2.12. The lowest BCUT2D eigenvalue weighted by molar-refractivity contribution is 0.120. The van der Waals surface area contributed by atoms with Gasteiger partial charge in [0.1, 0.15) is 11.6 Å². The minimum absolute atomic E-state index is 0.0362. The molecule has 23 heavy (non-hydrogen) atoms. The van der Waals surface area contributed by atoms with Gasteiger partial charge in [-0.15, -0.1) is 0 Å². The van der Waals surface area contributed by atoms with Gasteiger partial charge in [-0.2, -0.15) is 0 Å². The highest BCUT2D eigenvalue weighted by Crippen LogP contribution is 2.27. The van der Waals surface area contributed by atoms with Gasteiger partial charge in [0.05, 0.1) is 19.8 Å². The molecule has 0 aliphatic carbocycles. The maximum atomic E-state index is 9.56. The van der Waals surface area contributed by atoms with E-state index in [2.05, 4.69) is 10.3 Å². The van der Waals surface area contributed by atoms with Gasteiger partial charge in [0.15, 0.2) is 0 Å². The summed E-state index contributed by atoms with van der Waals surface area (Å²) in [5, 5.41) is 12.9. The van der Waals surface area contributed by atoms with Crippen molar-refractivity contribution in [3.8, 4) is 16.9 Å². The highest BCUT2D eigenvalue weighted by atomic mass is 16.5. The van der Waals surface area contributed by atoms with Gasteiger partial charge in [-0.05, 0) is 48.2 Å². The van der Waals surface area contributed by atoms with Crippen LogP contribution in [0.5, 0.6) is 5.75 Å². The average Bonchev–Trinajstić information content (AvgIpc) is 3.13. The van der Waals surface area contributed by atoms with Crippen LogP contribution in [0, 0.1) is 0 Å². The Hall–Kier alpha value is -2.11. The predicted octanol–water partition coefficient (Wildman–Crippen LogP) is 2.84. The van der Waals surface area contributed by atoms with Crippen LogP contribution < -0.4 is 10.1 Å². The maximum absolute atomic E-state index is 9.56. The Bertz CT molecular complexity index is 637. The number of aliphatic hydroxyl groups excluding tert-OH is 1. The van der Waals surface area contributed by atoms with Crippen LogP contribution in [0.15, 0.2) is 36.5 Å². The van der Waals surface area contributed by atoms with Crippen molar-refractivity contribution in [1.29, 1.82) is 0 Å². The fourth-order valence-electron chi connectivity index (χ4n) is 2.79. The standard InChI is InChI=1S/C18H22N2O3/c1-22-15-5-6-17(14(9-15)12-21)13-4-7-18(19-10-13)20-11-16-3-2-8-23-16/h4-7,9-10,16,21H,2-3,8,11-12H2,1H3,(H,19,20). The summed E-state index contributed by atoms with van der Waals surface area (Å²) in [6.07, 6.45) is 4.36. The molecule has 0 saturated carbocycles. The van der Waals surface area contributed by atoms with E-state index >= 15 is 0 Å². The zero-order valence-corrected chi connectivity index (χ0v) is 13.3. The summed E-state index contributed by atoms with van der Waals surface area (Å²) < 4.78 is 10.8. The minimum atomic E-state index is -0.0362. The van der Waals surface area contributed by atoms with E-state index in [9.17, 15) is 5.11 Å². The highest BCUT2D eigenvalue weighted by Gasteiger charge is 2.15. The van der Waals surface area contributed by atoms with Gasteiger partial charge in [0.2, 0.25) is 0 Å². The lowest BCUT2D eigenvalue weighted by Crippen LogP contribution is -2.18. The largest absolute Gasteiger partial charge is 0.497 e. The van der Waals surface area contributed by atoms with Crippen LogP contribution in [-0.2, 0) is 11.3 Å². The van der Waals surface area contributed by atoms with Crippen molar-refractivity contribution in [2.24, 2.45) is 0 Å². The van der Waals surface area contributed by atoms with Crippen molar-refractivity contribution >= 4 is 5.82 Å². The number of nitrogens with one attached hydrogen (secondary N) is 1. The van der Waals surface area contributed by atoms with Crippen molar-refractivity contribution in [3.63, 3.8) is 0 Å². The number of methoxy groups -OCH3 is 1. The molecule has 1 aromatic carbocycles. The summed E-state index contributed by atoms with van der Waals surface area (Å²) in [6, 6.07) is 9.64. The quantitative estimate of drug-likeness (QED) is 0.858. The van der Waals surface area contributed by atoms with Gasteiger partial charge in [-0.1, -0.05) is 6.07 Å². The number of hydrogen-bond donors (Lipinski definition) is 2. The molecule has 0 bridgehead atoms. The first-order valence-corrected chi connectivity index (χ1v) is 7.90. The molecule has 1 fully saturated rings. The number of pyridine rings is 1. The smallest absolute Gasteiger partial charge is 0.126 e. The van der Waals surface area contributed by atoms with E-state index in [-0.39, 0.29) is 6.61 Å². The molecule has 0 radical (unpaired) electrons. The molecule has 3 rings (SSSR count). The van der Waals surface area contributed by atoms with Crippen LogP contribution in [0.2, 0.25) is 0 Å². The van der Waals surface area contributed by atoms with Gasteiger partial charge in [0, 0.05) is 24.9 Å². The van der Waals surface area contributed by atoms with Gasteiger partial charge >= 0.3 is 0 Å². The van der Waals surface area contributed by atoms with E-state index in [1.54, 1.807) is 7.11 Å². The van der Waals surface area contributed by atoms with Crippen LogP contribution in [0.4, 0.5) is 5.82 Å². The van der Waals surface area contributed by atoms with Crippen molar-refractivity contribution in [2.45, 2.75) is 25.6 Å². The Kier molecular flexibility index (Phi) is 5.10. The normalized spacial score (nSPS) is 17.2. The molecule has 1 aromatic heterocycles. The molecule has 122 valence electrons. The number of ether oxygens (including phenoxy) is 2. The topological polar surface area (TPSA) is 63.6 Å². The monoisotopic (exact) mass is 314 g/mol. The van der Waals surface area contributed by atoms with E-state index < -0.39 is 0 Å². The number of anilines is 1. The second-order valence-corrected chi connectivity index (χ2v) is 5.63. The molecular weight excluding hydrogens is 292 g/mol. The third-order valence-corrected chi connectivity index (χ3v) is 4.09. The molecule has 2 aromatic rings. The van der Waals surface area contributed by atoms with E-state index in [4.69, 9.17) is 9.47 Å². The Labute approximate surface area is 136 Å². The molecule has 0 spiro atoms. The van der Waals surface area contributed by atoms with Gasteiger partial charge in [-0.3, -0.25) is 0 Å². The number of hydrogen-bond acceptors (Lipinski definition) is 5. The second kappa shape index (κ2) is 7.44. The van der Waals surface area contributed by atoms with Gasteiger partial charge in [0.25, 0.3) is 0 Å². The van der Waals surface area contributed by atoms with Gasteiger partial charge in [-0.25, -0.2) is 4.98 Å². The number of rotatable bonds is 6. The number of benzene rings is 1. The molecule has 5 heteroatoms. The number of nitrogens with zero attached hydrogens (tertiary/aromatic N) is 1. The molecule has 1 unspecified atom stereocenters. The summed E-state index contributed by atoms with van der Waals surface area (Å²) in [5.41, 5.74) is 2.76. The number of aromatic nitrogens is 1. The van der Waals surface area contributed by atoms with Crippen LogP contribution >= 0.6 is 0 Å². The maximum Gasteiger partial charge on any atom is 0.126 e. The molecule has 1 aliphatic heterocycles.